The number of likely N-dealkylation sites (tertiary alicyclic amines) is 2. The molecule has 2 saturated heterocycles. The summed E-state index contributed by atoms with van der Waals surface area (Å²) >= 11 is 0. The van der Waals surface area contributed by atoms with Crippen LogP contribution in [0.4, 0.5) is 0 Å². The smallest absolute Gasteiger partial charge is 0.222 e. The van der Waals surface area contributed by atoms with Gasteiger partial charge >= 0.3 is 0 Å². The molecule has 5 heteroatoms. The number of aryl methyl sites for hydroxylation is 1. The average molecular weight is 317 g/mol. The molecule has 0 bridgehead atoms. The second-order valence-electron chi connectivity index (χ2n) is 6.83. The van der Waals surface area contributed by atoms with Gasteiger partial charge in [-0.1, -0.05) is 6.07 Å². The van der Waals surface area contributed by atoms with Gasteiger partial charge in [0.05, 0.1) is 0 Å². The maximum absolute atomic E-state index is 12.5. The summed E-state index contributed by atoms with van der Waals surface area (Å²) in [5.41, 5.74) is 0.965. The Bertz CT molecular complexity index is 502. The van der Waals surface area contributed by atoms with Crippen molar-refractivity contribution >= 4 is 5.91 Å². The quantitative estimate of drug-likeness (QED) is 0.856. The molecule has 1 N–H and O–H groups in total. The van der Waals surface area contributed by atoms with Gasteiger partial charge in [0.15, 0.2) is 0 Å². The summed E-state index contributed by atoms with van der Waals surface area (Å²) in [5, 5.41) is 9.65. The van der Waals surface area contributed by atoms with Crippen LogP contribution in [0.3, 0.4) is 0 Å². The van der Waals surface area contributed by atoms with Crippen LogP contribution in [0.5, 0.6) is 0 Å². The average Bonchev–Trinajstić information content (AvgIpc) is 3.23. The zero-order valence-electron chi connectivity index (χ0n) is 13.7. The maximum atomic E-state index is 12.5. The molecule has 2 aliphatic rings. The molecule has 0 aromatic carbocycles. The number of hydrogen-bond donors (Lipinski definition) is 1. The number of aromatic nitrogens is 1. The van der Waals surface area contributed by atoms with Crippen LogP contribution in [0.2, 0.25) is 0 Å². The van der Waals surface area contributed by atoms with E-state index in [-0.39, 0.29) is 18.4 Å². The van der Waals surface area contributed by atoms with Gasteiger partial charge in [-0.2, -0.15) is 0 Å². The SMILES string of the molecule is O=C(CCc1ccccn1)N1C[C@@H](CN2CCCC2)[C@@H](CO)C1. The summed E-state index contributed by atoms with van der Waals surface area (Å²) in [6.45, 7) is 5.04. The van der Waals surface area contributed by atoms with Crippen molar-refractivity contribution in [2.75, 3.05) is 39.3 Å². The van der Waals surface area contributed by atoms with Crippen LogP contribution in [0.15, 0.2) is 24.4 Å². The van der Waals surface area contributed by atoms with Gasteiger partial charge in [-0.25, -0.2) is 0 Å². The lowest BCUT2D eigenvalue weighted by Gasteiger charge is -2.22. The lowest BCUT2D eigenvalue weighted by molar-refractivity contribution is -0.130. The molecule has 23 heavy (non-hydrogen) atoms. The van der Waals surface area contributed by atoms with Crippen LogP contribution in [0.25, 0.3) is 0 Å². The number of aliphatic hydroxyl groups excluding tert-OH is 1. The van der Waals surface area contributed by atoms with E-state index in [1.54, 1.807) is 6.20 Å². The van der Waals surface area contributed by atoms with Gasteiger partial charge in [-0.05, 0) is 50.4 Å². The highest BCUT2D eigenvalue weighted by Crippen LogP contribution is 2.26. The molecule has 0 unspecified atom stereocenters. The van der Waals surface area contributed by atoms with Crippen molar-refractivity contribution in [1.29, 1.82) is 0 Å². The number of hydrogen-bond acceptors (Lipinski definition) is 4. The Labute approximate surface area is 138 Å². The number of carbonyl (C=O) groups excluding carboxylic acids is 1. The molecule has 126 valence electrons. The fraction of sp³-hybridized carbons (Fsp3) is 0.667. The van der Waals surface area contributed by atoms with Crippen molar-refractivity contribution in [2.45, 2.75) is 25.7 Å². The van der Waals surface area contributed by atoms with Gasteiger partial charge in [0.2, 0.25) is 5.91 Å². The fourth-order valence-electron chi connectivity index (χ4n) is 3.79. The van der Waals surface area contributed by atoms with Gasteiger partial charge < -0.3 is 14.9 Å². The summed E-state index contributed by atoms with van der Waals surface area (Å²) in [6.07, 6.45) is 5.53. The van der Waals surface area contributed by atoms with E-state index < -0.39 is 0 Å². The third-order valence-electron chi connectivity index (χ3n) is 5.18. The normalized spacial score (nSPS) is 25.2. The van der Waals surface area contributed by atoms with Gasteiger partial charge in [0, 0.05) is 50.5 Å². The molecule has 2 aliphatic heterocycles. The third kappa shape index (κ3) is 4.30. The van der Waals surface area contributed by atoms with Crippen LogP contribution >= 0.6 is 0 Å². The van der Waals surface area contributed by atoms with E-state index in [9.17, 15) is 9.90 Å². The first kappa shape index (κ1) is 16.4. The minimum absolute atomic E-state index is 0.183. The third-order valence-corrected chi connectivity index (χ3v) is 5.18. The Balaban J connectivity index is 1.50. The van der Waals surface area contributed by atoms with E-state index in [4.69, 9.17) is 0 Å². The zero-order chi connectivity index (χ0) is 16.1. The van der Waals surface area contributed by atoms with E-state index in [1.807, 2.05) is 23.1 Å². The molecule has 1 amide bonds. The van der Waals surface area contributed by atoms with Gasteiger partial charge in [-0.15, -0.1) is 0 Å². The Kier molecular flexibility index (Phi) is 5.62. The summed E-state index contributed by atoms with van der Waals surface area (Å²) in [5.74, 6) is 0.837. The fourth-order valence-corrected chi connectivity index (χ4v) is 3.79. The van der Waals surface area contributed by atoms with Crippen molar-refractivity contribution in [3.05, 3.63) is 30.1 Å². The Morgan fingerprint density at radius 2 is 2.00 bits per heavy atom. The highest BCUT2D eigenvalue weighted by molar-refractivity contribution is 5.76. The molecule has 1 aromatic heterocycles. The first-order valence-electron chi connectivity index (χ1n) is 8.77. The molecule has 0 radical (unpaired) electrons. The van der Waals surface area contributed by atoms with E-state index in [1.165, 1.54) is 25.9 Å². The molecular weight excluding hydrogens is 290 g/mol. The first-order valence-corrected chi connectivity index (χ1v) is 8.77. The second kappa shape index (κ2) is 7.88. The molecule has 5 nitrogen and oxygen atoms in total. The van der Waals surface area contributed by atoms with Crippen LogP contribution in [0, 0.1) is 11.8 Å². The van der Waals surface area contributed by atoms with Crippen molar-refractivity contribution < 1.29 is 9.90 Å². The largest absolute Gasteiger partial charge is 0.396 e. The molecule has 2 atom stereocenters. The number of nitrogens with zero attached hydrogens (tertiary/aromatic N) is 3. The number of amides is 1. The predicted molar refractivity (Wildman–Crippen MR) is 88.9 cm³/mol. The Hall–Kier alpha value is -1.46. The number of carbonyl (C=O) groups is 1. The van der Waals surface area contributed by atoms with Crippen LogP contribution < -0.4 is 0 Å². The number of pyridine rings is 1. The van der Waals surface area contributed by atoms with Gasteiger partial charge in [0.25, 0.3) is 0 Å². The Morgan fingerprint density at radius 1 is 1.22 bits per heavy atom. The monoisotopic (exact) mass is 317 g/mol. The highest BCUT2D eigenvalue weighted by Gasteiger charge is 2.35. The standard InChI is InChI=1S/C18H27N3O2/c22-14-16-13-21(12-15(16)11-20-9-3-4-10-20)18(23)7-6-17-5-1-2-8-19-17/h1-2,5,8,15-16,22H,3-4,6-7,9-14H2/t15-,16-/m1/s1. The predicted octanol–water partition coefficient (Wildman–Crippen LogP) is 1.18. The molecule has 3 rings (SSSR count). The summed E-state index contributed by atoms with van der Waals surface area (Å²) in [6, 6.07) is 5.81. The number of aliphatic hydroxyl groups is 1. The minimum atomic E-state index is 0.183. The van der Waals surface area contributed by atoms with E-state index in [2.05, 4.69) is 9.88 Å². The first-order chi connectivity index (χ1) is 11.3. The van der Waals surface area contributed by atoms with Crippen molar-refractivity contribution in [1.82, 2.24) is 14.8 Å². The van der Waals surface area contributed by atoms with Crippen LogP contribution in [-0.2, 0) is 11.2 Å². The van der Waals surface area contributed by atoms with E-state index >= 15 is 0 Å². The Morgan fingerprint density at radius 3 is 2.70 bits per heavy atom. The molecule has 3 heterocycles. The molecular formula is C18H27N3O2. The van der Waals surface area contributed by atoms with Gasteiger partial charge in [-0.3, -0.25) is 9.78 Å². The second-order valence-corrected chi connectivity index (χ2v) is 6.83. The molecule has 0 aliphatic carbocycles. The molecule has 0 spiro atoms. The van der Waals surface area contributed by atoms with Crippen LogP contribution in [-0.4, -0.2) is 65.1 Å². The maximum Gasteiger partial charge on any atom is 0.222 e. The lowest BCUT2D eigenvalue weighted by atomic mass is 9.96. The summed E-state index contributed by atoms with van der Waals surface area (Å²) in [4.78, 5) is 21.2. The molecule has 2 fully saturated rings. The highest BCUT2D eigenvalue weighted by atomic mass is 16.3. The summed E-state index contributed by atoms with van der Waals surface area (Å²) < 4.78 is 0. The van der Waals surface area contributed by atoms with E-state index in [0.717, 1.165) is 18.8 Å². The van der Waals surface area contributed by atoms with Crippen LogP contribution in [0.1, 0.15) is 25.0 Å². The van der Waals surface area contributed by atoms with Gasteiger partial charge in [0.1, 0.15) is 0 Å². The zero-order valence-corrected chi connectivity index (χ0v) is 13.7. The lowest BCUT2D eigenvalue weighted by Crippen LogP contribution is -2.32. The van der Waals surface area contributed by atoms with E-state index in [0.29, 0.717) is 25.3 Å². The van der Waals surface area contributed by atoms with Crippen molar-refractivity contribution in [3.63, 3.8) is 0 Å². The minimum Gasteiger partial charge on any atom is -0.396 e. The number of rotatable bonds is 6. The van der Waals surface area contributed by atoms with Crippen molar-refractivity contribution in [2.24, 2.45) is 11.8 Å². The van der Waals surface area contributed by atoms with Crippen molar-refractivity contribution in [3.8, 4) is 0 Å². The molecule has 0 saturated carbocycles. The topological polar surface area (TPSA) is 56.7 Å². The summed E-state index contributed by atoms with van der Waals surface area (Å²) in [7, 11) is 0. The molecule has 1 aromatic rings.